The molecular formula is C16H24FN3O. The Kier molecular flexibility index (Phi) is 5.56. The SMILES string of the molecule is CCCN(CC1CCCCN1)c1cccc(F)c1C(N)=O. The first-order valence-corrected chi connectivity index (χ1v) is 7.70. The van der Waals surface area contributed by atoms with Gasteiger partial charge in [-0.1, -0.05) is 19.4 Å². The molecular weight excluding hydrogens is 269 g/mol. The Morgan fingerprint density at radius 1 is 1.48 bits per heavy atom. The normalized spacial score (nSPS) is 18.5. The molecule has 1 atom stereocenters. The van der Waals surface area contributed by atoms with E-state index in [4.69, 9.17) is 5.73 Å². The largest absolute Gasteiger partial charge is 0.369 e. The van der Waals surface area contributed by atoms with E-state index in [9.17, 15) is 9.18 Å². The summed E-state index contributed by atoms with van der Waals surface area (Å²) in [5.74, 6) is -1.25. The Bertz CT molecular complexity index is 486. The van der Waals surface area contributed by atoms with E-state index in [0.717, 1.165) is 32.5 Å². The second-order valence-corrected chi connectivity index (χ2v) is 5.59. The van der Waals surface area contributed by atoms with E-state index >= 15 is 0 Å². The van der Waals surface area contributed by atoms with Crippen molar-refractivity contribution >= 4 is 11.6 Å². The van der Waals surface area contributed by atoms with Crippen LogP contribution >= 0.6 is 0 Å². The zero-order valence-electron chi connectivity index (χ0n) is 12.6. The van der Waals surface area contributed by atoms with E-state index in [1.807, 2.05) is 0 Å². The van der Waals surface area contributed by atoms with Crippen LogP contribution in [0.1, 0.15) is 43.0 Å². The van der Waals surface area contributed by atoms with E-state index in [1.54, 1.807) is 12.1 Å². The Morgan fingerprint density at radius 2 is 2.29 bits per heavy atom. The van der Waals surface area contributed by atoms with E-state index in [2.05, 4.69) is 17.1 Å². The number of piperidine rings is 1. The van der Waals surface area contributed by atoms with E-state index in [-0.39, 0.29) is 5.56 Å². The third-order valence-corrected chi connectivity index (χ3v) is 3.93. The standard InChI is InChI=1S/C16H24FN3O/c1-2-10-20(11-12-6-3-4-9-19-12)14-8-5-7-13(17)15(14)16(18)21/h5,7-8,12,19H,2-4,6,9-11H2,1H3,(H2,18,21). The van der Waals surface area contributed by atoms with Crippen molar-refractivity contribution in [3.63, 3.8) is 0 Å². The molecule has 4 nitrogen and oxygen atoms in total. The van der Waals surface area contributed by atoms with Gasteiger partial charge in [0.25, 0.3) is 5.91 Å². The topological polar surface area (TPSA) is 58.4 Å². The molecule has 116 valence electrons. The summed E-state index contributed by atoms with van der Waals surface area (Å²) in [6, 6.07) is 5.08. The number of primary amides is 1. The van der Waals surface area contributed by atoms with Crippen LogP contribution in [-0.4, -0.2) is 31.6 Å². The number of carbonyl (C=O) groups is 1. The van der Waals surface area contributed by atoms with Crippen molar-refractivity contribution in [2.24, 2.45) is 5.73 Å². The third-order valence-electron chi connectivity index (χ3n) is 3.93. The molecule has 1 aliphatic rings. The second-order valence-electron chi connectivity index (χ2n) is 5.59. The predicted molar refractivity (Wildman–Crippen MR) is 83.1 cm³/mol. The van der Waals surface area contributed by atoms with Crippen LogP contribution in [0.2, 0.25) is 0 Å². The molecule has 1 saturated heterocycles. The van der Waals surface area contributed by atoms with Crippen molar-refractivity contribution in [1.82, 2.24) is 5.32 Å². The smallest absolute Gasteiger partial charge is 0.253 e. The number of halogens is 1. The molecule has 0 spiro atoms. The number of nitrogens with one attached hydrogen (secondary N) is 1. The summed E-state index contributed by atoms with van der Waals surface area (Å²) in [6.07, 6.45) is 4.46. The van der Waals surface area contributed by atoms with Gasteiger partial charge in [0.05, 0.1) is 11.3 Å². The summed E-state index contributed by atoms with van der Waals surface area (Å²) in [7, 11) is 0. The van der Waals surface area contributed by atoms with Crippen molar-refractivity contribution in [2.45, 2.75) is 38.6 Å². The van der Waals surface area contributed by atoms with Gasteiger partial charge in [-0.05, 0) is 37.9 Å². The van der Waals surface area contributed by atoms with Crippen molar-refractivity contribution in [1.29, 1.82) is 0 Å². The van der Waals surface area contributed by atoms with Crippen LogP contribution in [0, 0.1) is 5.82 Å². The fraction of sp³-hybridized carbons (Fsp3) is 0.562. The molecule has 1 unspecified atom stereocenters. The molecule has 1 aliphatic heterocycles. The molecule has 5 heteroatoms. The van der Waals surface area contributed by atoms with Crippen molar-refractivity contribution in [2.75, 3.05) is 24.5 Å². The maximum atomic E-state index is 13.9. The van der Waals surface area contributed by atoms with Crippen LogP contribution in [-0.2, 0) is 0 Å². The molecule has 1 aromatic rings. The fourth-order valence-electron chi connectivity index (χ4n) is 2.95. The molecule has 0 aromatic heterocycles. The van der Waals surface area contributed by atoms with Gasteiger partial charge >= 0.3 is 0 Å². The number of hydrogen-bond acceptors (Lipinski definition) is 3. The van der Waals surface area contributed by atoms with Crippen LogP contribution in [0.15, 0.2) is 18.2 Å². The van der Waals surface area contributed by atoms with Gasteiger partial charge < -0.3 is 16.0 Å². The number of amides is 1. The number of carbonyl (C=O) groups excluding carboxylic acids is 1. The molecule has 3 N–H and O–H groups in total. The maximum Gasteiger partial charge on any atom is 0.253 e. The Labute approximate surface area is 125 Å². The first-order chi connectivity index (χ1) is 10.1. The van der Waals surface area contributed by atoms with Gasteiger partial charge in [-0.3, -0.25) is 4.79 Å². The zero-order valence-corrected chi connectivity index (χ0v) is 12.6. The van der Waals surface area contributed by atoms with Gasteiger partial charge in [-0.25, -0.2) is 4.39 Å². The molecule has 2 rings (SSSR count). The van der Waals surface area contributed by atoms with Crippen molar-refractivity contribution in [3.05, 3.63) is 29.6 Å². The maximum absolute atomic E-state index is 13.9. The van der Waals surface area contributed by atoms with Crippen LogP contribution in [0.5, 0.6) is 0 Å². The van der Waals surface area contributed by atoms with Gasteiger partial charge in [0.15, 0.2) is 0 Å². The first-order valence-electron chi connectivity index (χ1n) is 7.70. The summed E-state index contributed by atoms with van der Waals surface area (Å²) >= 11 is 0. The summed E-state index contributed by atoms with van der Waals surface area (Å²) in [6.45, 7) is 4.65. The van der Waals surface area contributed by atoms with Gasteiger partial charge in [0, 0.05) is 19.1 Å². The number of benzene rings is 1. The molecule has 1 aromatic carbocycles. The minimum absolute atomic E-state index is 0.00163. The lowest BCUT2D eigenvalue weighted by molar-refractivity contribution is 0.0997. The fourth-order valence-corrected chi connectivity index (χ4v) is 2.95. The van der Waals surface area contributed by atoms with E-state index in [1.165, 1.54) is 18.9 Å². The first kappa shape index (κ1) is 15.8. The van der Waals surface area contributed by atoms with Gasteiger partial charge in [-0.15, -0.1) is 0 Å². The Hall–Kier alpha value is -1.62. The third kappa shape index (κ3) is 3.94. The van der Waals surface area contributed by atoms with Crippen LogP contribution in [0.3, 0.4) is 0 Å². The highest BCUT2D eigenvalue weighted by Gasteiger charge is 2.22. The highest BCUT2D eigenvalue weighted by molar-refractivity contribution is 5.99. The summed E-state index contributed by atoms with van der Waals surface area (Å²) in [4.78, 5) is 13.7. The minimum atomic E-state index is -0.708. The summed E-state index contributed by atoms with van der Waals surface area (Å²) in [5, 5.41) is 3.49. The lowest BCUT2D eigenvalue weighted by Gasteiger charge is -2.32. The number of nitrogens with two attached hydrogens (primary N) is 1. The van der Waals surface area contributed by atoms with Gasteiger partial charge in [0.2, 0.25) is 0 Å². The number of anilines is 1. The van der Waals surface area contributed by atoms with Gasteiger partial charge in [0.1, 0.15) is 5.82 Å². The molecule has 0 aliphatic carbocycles. The second kappa shape index (κ2) is 7.41. The Morgan fingerprint density at radius 3 is 2.90 bits per heavy atom. The molecule has 1 heterocycles. The molecule has 1 amide bonds. The average Bonchev–Trinajstić information content (AvgIpc) is 2.47. The number of hydrogen-bond donors (Lipinski definition) is 2. The van der Waals surface area contributed by atoms with Crippen LogP contribution in [0.4, 0.5) is 10.1 Å². The predicted octanol–water partition coefficient (Wildman–Crippen LogP) is 2.28. The van der Waals surface area contributed by atoms with Crippen LogP contribution < -0.4 is 16.0 Å². The highest BCUT2D eigenvalue weighted by Crippen LogP contribution is 2.24. The number of rotatable bonds is 6. The number of nitrogens with zero attached hydrogens (tertiary/aromatic N) is 1. The van der Waals surface area contributed by atoms with Crippen molar-refractivity contribution in [3.8, 4) is 0 Å². The quantitative estimate of drug-likeness (QED) is 0.846. The lowest BCUT2D eigenvalue weighted by atomic mass is 10.0. The molecule has 0 radical (unpaired) electrons. The minimum Gasteiger partial charge on any atom is -0.369 e. The van der Waals surface area contributed by atoms with Gasteiger partial charge in [-0.2, -0.15) is 0 Å². The highest BCUT2D eigenvalue weighted by atomic mass is 19.1. The van der Waals surface area contributed by atoms with Crippen molar-refractivity contribution < 1.29 is 9.18 Å². The molecule has 0 saturated carbocycles. The van der Waals surface area contributed by atoms with E-state index in [0.29, 0.717) is 11.7 Å². The monoisotopic (exact) mass is 293 g/mol. The average molecular weight is 293 g/mol. The van der Waals surface area contributed by atoms with Crippen LogP contribution in [0.25, 0.3) is 0 Å². The molecule has 21 heavy (non-hydrogen) atoms. The summed E-state index contributed by atoms with van der Waals surface area (Å²) < 4.78 is 13.9. The summed E-state index contributed by atoms with van der Waals surface area (Å²) in [5.41, 5.74) is 5.97. The lowest BCUT2D eigenvalue weighted by Crippen LogP contribution is -2.44. The molecule has 0 bridgehead atoms. The van der Waals surface area contributed by atoms with E-state index < -0.39 is 11.7 Å². The zero-order chi connectivity index (χ0) is 15.2. The molecule has 1 fully saturated rings. The Balaban J connectivity index is 2.24.